The average molecular weight is 236 g/mol. The van der Waals surface area contributed by atoms with Crippen LogP contribution >= 0.6 is 0 Å². The first-order valence-electron chi connectivity index (χ1n) is 4.35. The minimum absolute atomic E-state index is 0.255. The predicted molar refractivity (Wildman–Crippen MR) is 57.2 cm³/mol. The minimum Gasteiger partial charge on any atom is -0.480 e. The fourth-order valence-electron chi connectivity index (χ4n) is 0.690. The average Bonchev–Trinajstić information content (AvgIpc) is 2.01. The summed E-state index contributed by atoms with van der Waals surface area (Å²) in [4.78, 5) is 21.8. The summed E-state index contributed by atoms with van der Waals surface area (Å²) in [5.74, 6) is -0.766. The van der Waals surface area contributed by atoms with E-state index in [1.807, 2.05) is 0 Å². The number of urea groups is 1. The van der Waals surface area contributed by atoms with E-state index in [0.29, 0.717) is 5.75 Å². The van der Waals surface area contributed by atoms with Crippen molar-refractivity contribution in [3.05, 3.63) is 0 Å². The third-order valence-corrected chi connectivity index (χ3v) is 2.41. The summed E-state index contributed by atoms with van der Waals surface area (Å²) in [5, 5.41) is 13.4. The third kappa shape index (κ3) is 6.05. The lowest BCUT2D eigenvalue weighted by molar-refractivity contribution is -0.142. The van der Waals surface area contributed by atoms with Crippen LogP contribution in [0.15, 0.2) is 0 Å². The van der Waals surface area contributed by atoms with Crippen molar-refractivity contribution in [2.45, 2.75) is 19.4 Å². The molecule has 0 aliphatic rings. The molecule has 0 aliphatic carbocycles. The normalized spacial score (nSPS) is 13.0. The summed E-state index contributed by atoms with van der Waals surface area (Å²) in [7, 11) is -0.973. The number of hydrogen-bond acceptors (Lipinski definition) is 3. The Balaban J connectivity index is 3.94. The number of carboxylic acid groups (broad SMARTS) is 1. The van der Waals surface area contributed by atoms with Crippen molar-refractivity contribution in [1.29, 1.82) is 0 Å². The number of hydrogen-bond donors (Lipinski definition) is 3. The number of rotatable bonds is 5. The standard InChI is InChI=1S/C8H16N2O4S/c1-8(2,6(11)12)10-7(13)9-4-5-15(3)14/h4-5H2,1-3H3,(H,11,12)(H2,9,10,13). The molecule has 88 valence electrons. The number of aliphatic carboxylic acids is 1. The molecular weight excluding hydrogens is 220 g/mol. The first-order valence-corrected chi connectivity index (χ1v) is 6.08. The smallest absolute Gasteiger partial charge is 0.328 e. The van der Waals surface area contributed by atoms with Crippen LogP contribution in [0.4, 0.5) is 4.79 Å². The van der Waals surface area contributed by atoms with Gasteiger partial charge in [-0.25, -0.2) is 9.59 Å². The van der Waals surface area contributed by atoms with Gasteiger partial charge in [0.25, 0.3) is 0 Å². The molecule has 0 aromatic heterocycles. The van der Waals surface area contributed by atoms with Gasteiger partial charge in [0.1, 0.15) is 5.54 Å². The van der Waals surface area contributed by atoms with Gasteiger partial charge in [0.15, 0.2) is 0 Å². The summed E-state index contributed by atoms with van der Waals surface area (Å²) in [6.07, 6.45) is 1.53. The zero-order chi connectivity index (χ0) is 12.1. The molecule has 0 spiro atoms. The Hall–Kier alpha value is -1.11. The molecular formula is C8H16N2O4S. The summed E-state index contributed by atoms with van der Waals surface area (Å²) in [6, 6.07) is -0.576. The molecule has 0 aromatic rings. The van der Waals surface area contributed by atoms with Crippen LogP contribution in [0.1, 0.15) is 13.8 Å². The molecule has 0 rings (SSSR count). The van der Waals surface area contributed by atoms with E-state index >= 15 is 0 Å². The maximum absolute atomic E-state index is 11.2. The molecule has 2 amide bonds. The number of carboxylic acids is 1. The predicted octanol–water partition coefficient (Wildman–Crippen LogP) is -0.473. The zero-order valence-corrected chi connectivity index (χ0v) is 9.81. The van der Waals surface area contributed by atoms with Crippen LogP contribution in [0.2, 0.25) is 0 Å². The lowest BCUT2D eigenvalue weighted by atomic mass is 10.1. The Morgan fingerprint density at radius 1 is 1.40 bits per heavy atom. The molecule has 6 nitrogen and oxygen atoms in total. The highest BCUT2D eigenvalue weighted by Gasteiger charge is 2.28. The summed E-state index contributed by atoms with van der Waals surface area (Å²) < 4.78 is 10.7. The first kappa shape index (κ1) is 13.9. The van der Waals surface area contributed by atoms with Crippen LogP contribution in [-0.4, -0.2) is 45.4 Å². The van der Waals surface area contributed by atoms with Crippen LogP contribution in [-0.2, 0) is 15.6 Å². The van der Waals surface area contributed by atoms with Gasteiger partial charge in [0.2, 0.25) is 0 Å². The van der Waals surface area contributed by atoms with E-state index in [-0.39, 0.29) is 6.54 Å². The maximum Gasteiger partial charge on any atom is 0.328 e. The molecule has 0 radical (unpaired) electrons. The van der Waals surface area contributed by atoms with Gasteiger partial charge in [-0.05, 0) is 13.8 Å². The second kappa shape index (κ2) is 5.69. The maximum atomic E-state index is 11.2. The lowest BCUT2D eigenvalue weighted by Crippen LogP contribution is -2.53. The molecule has 1 unspecified atom stereocenters. The Bertz CT molecular complexity index is 278. The molecule has 0 saturated carbocycles. The fraction of sp³-hybridized carbons (Fsp3) is 0.750. The Morgan fingerprint density at radius 3 is 2.33 bits per heavy atom. The van der Waals surface area contributed by atoms with Crippen LogP contribution in [0.25, 0.3) is 0 Å². The number of amides is 2. The molecule has 0 fully saturated rings. The molecule has 3 N–H and O–H groups in total. The van der Waals surface area contributed by atoms with Gasteiger partial charge in [-0.2, -0.15) is 0 Å². The summed E-state index contributed by atoms with van der Waals surface area (Å²) in [5.41, 5.74) is -1.31. The molecule has 7 heteroatoms. The highest BCUT2D eigenvalue weighted by Crippen LogP contribution is 2.00. The topological polar surface area (TPSA) is 95.5 Å². The molecule has 0 saturated heterocycles. The van der Waals surface area contributed by atoms with E-state index in [9.17, 15) is 13.8 Å². The van der Waals surface area contributed by atoms with Gasteiger partial charge in [0.05, 0.1) is 0 Å². The Kier molecular flexibility index (Phi) is 5.27. The molecule has 0 bridgehead atoms. The second-order valence-corrected chi connectivity index (χ2v) is 5.14. The highest BCUT2D eigenvalue weighted by molar-refractivity contribution is 7.84. The van der Waals surface area contributed by atoms with E-state index in [1.165, 1.54) is 20.1 Å². The van der Waals surface area contributed by atoms with Gasteiger partial charge >= 0.3 is 12.0 Å². The van der Waals surface area contributed by atoms with Crippen molar-refractivity contribution in [1.82, 2.24) is 10.6 Å². The van der Waals surface area contributed by atoms with Crippen molar-refractivity contribution in [2.24, 2.45) is 0 Å². The van der Waals surface area contributed by atoms with Crippen LogP contribution in [0.5, 0.6) is 0 Å². The third-order valence-electron chi connectivity index (χ3n) is 1.64. The highest BCUT2D eigenvalue weighted by atomic mass is 32.2. The number of nitrogens with one attached hydrogen (secondary N) is 2. The van der Waals surface area contributed by atoms with Gasteiger partial charge < -0.3 is 15.7 Å². The van der Waals surface area contributed by atoms with E-state index < -0.39 is 28.3 Å². The molecule has 15 heavy (non-hydrogen) atoms. The molecule has 0 aliphatic heterocycles. The van der Waals surface area contributed by atoms with Gasteiger partial charge in [-0.3, -0.25) is 4.21 Å². The van der Waals surface area contributed by atoms with Crippen LogP contribution < -0.4 is 10.6 Å². The van der Waals surface area contributed by atoms with Gasteiger partial charge in [-0.1, -0.05) is 0 Å². The quantitative estimate of drug-likeness (QED) is 0.601. The largest absolute Gasteiger partial charge is 0.480 e. The van der Waals surface area contributed by atoms with Crippen molar-refractivity contribution in [2.75, 3.05) is 18.6 Å². The summed E-state index contributed by atoms with van der Waals surface area (Å²) >= 11 is 0. The lowest BCUT2D eigenvalue weighted by Gasteiger charge is -2.21. The van der Waals surface area contributed by atoms with Crippen molar-refractivity contribution >= 4 is 22.8 Å². The van der Waals surface area contributed by atoms with E-state index in [4.69, 9.17) is 5.11 Å². The van der Waals surface area contributed by atoms with Crippen LogP contribution in [0.3, 0.4) is 0 Å². The molecule has 1 atom stereocenters. The second-order valence-electron chi connectivity index (χ2n) is 3.59. The van der Waals surface area contributed by atoms with E-state index in [1.54, 1.807) is 0 Å². The van der Waals surface area contributed by atoms with Gasteiger partial charge in [-0.15, -0.1) is 0 Å². The molecule has 0 heterocycles. The first-order chi connectivity index (χ1) is 6.75. The van der Waals surface area contributed by atoms with E-state index in [2.05, 4.69) is 10.6 Å². The fourth-order valence-corrected chi connectivity index (χ4v) is 1.08. The number of carbonyl (C=O) groups is 2. The monoisotopic (exact) mass is 236 g/mol. The van der Waals surface area contributed by atoms with E-state index in [0.717, 1.165) is 0 Å². The summed E-state index contributed by atoms with van der Waals surface area (Å²) in [6.45, 7) is 3.02. The SMILES string of the molecule is CS(=O)CCNC(=O)NC(C)(C)C(=O)O. The Labute approximate surface area is 90.9 Å². The Morgan fingerprint density at radius 2 is 1.93 bits per heavy atom. The zero-order valence-electron chi connectivity index (χ0n) is 8.99. The van der Waals surface area contributed by atoms with Crippen molar-refractivity contribution < 1.29 is 18.9 Å². The minimum atomic E-state index is -1.31. The van der Waals surface area contributed by atoms with Crippen molar-refractivity contribution in [3.63, 3.8) is 0 Å². The van der Waals surface area contributed by atoms with Crippen LogP contribution in [0, 0.1) is 0 Å². The molecule has 0 aromatic carbocycles. The van der Waals surface area contributed by atoms with Crippen molar-refractivity contribution in [3.8, 4) is 0 Å². The number of carbonyl (C=O) groups excluding carboxylic acids is 1. The van der Waals surface area contributed by atoms with Gasteiger partial charge in [0, 0.05) is 29.4 Å².